The molecule has 1 aliphatic carbocycles. The molecule has 1 N–H and O–H groups in total. The lowest BCUT2D eigenvalue weighted by atomic mass is 9.61. The third-order valence-corrected chi connectivity index (χ3v) is 5.88. The molecule has 2 heteroatoms. The SMILES string of the molecule is C=C(C)c1ccccc1[C@@H]1CCCN1C1CC2(CNC2)C1. The highest BCUT2D eigenvalue weighted by molar-refractivity contribution is 5.65. The summed E-state index contributed by atoms with van der Waals surface area (Å²) >= 11 is 0. The molecule has 3 aliphatic rings. The van der Waals surface area contributed by atoms with Crippen molar-refractivity contribution in [2.75, 3.05) is 19.6 Å². The van der Waals surface area contributed by atoms with E-state index in [1.165, 1.54) is 62.0 Å². The maximum Gasteiger partial charge on any atom is 0.0357 e. The van der Waals surface area contributed by atoms with Crippen molar-refractivity contribution in [2.24, 2.45) is 5.41 Å². The summed E-state index contributed by atoms with van der Waals surface area (Å²) in [5.74, 6) is 0. The van der Waals surface area contributed by atoms with Gasteiger partial charge in [-0.1, -0.05) is 36.4 Å². The molecule has 2 nitrogen and oxygen atoms in total. The number of hydrogen-bond acceptors (Lipinski definition) is 2. The van der Waals surface area contributed by atoms with Gasteiger partial charge in [0.1, 0.15) is 0 Å². The number of rotatable bonds is 3. The third-order valence-electron chi connectivity index (χ3n) is 5.88. The van der Waals surface area contributed by atoms with Crippen LogP contribution in [0.1, 0.15) is 49.8 Å². The predicted molar refractivity (Wildman–Crippen MR) is 88.2 cm³/mol. The lowest BCUT2D eigenvalue weighted by molar-refractivity contribution is -0.0410. The zero-order valence-electron chi connectivity index (χ0n) is 13.1. The Morgan fingerprint density at radius 3 is 2.71 bits per heavy atom. The van der Waals surface area contributed by atoms with Crippen LogP contribution in [0.4, 0.5) is 0 Å². The molecule has 112 valence electrons. The van der Waals surface area contributed by atoms with Gasteiger partial charge in [-0.15, -0.1) is 0 Å². The van der Waals surface area contributed by atoms with E-state index in [0.29, 0.717) is 11.5 Å². The van der Waals surface area contributed by atoms with Gasteiger partial charge in [0, 0.05) is 25.2 Å². The van der Waals surface area contributed by atoms with Crippen LogP contribution in [0.25, 0.3) is 5.57 Å². The molecule has 1 atom stereocenters. The zero-order chi connectivity index (χ0) is 14.4. The minimum atomic E-state index is 0.619. The van der Waals surface area contributed by atoms with Gasteiger partial charge in [-0.2, -0.15) is 0 Å². The molecule has 0 aromatic heterocycles. The van der Waals surface area contributed by atoms with Crippen molar-refractivity contribution in [1.29, 1.82) is 0 Å². The van der Waals surface area contributed by atoms with Crippen LogP contribution in [0, 0.1) is 5.41 Å². The minimum Gasteiger partial charge on any atom is -0.316 e. The second-order valence-corrected chi connectivity index (χ2v) is 7.43. The molecule has 0 radical (unpaired) electrons. The third kappa shape index (κ3) is 2.16. The Labute approximate surface area is 128 Å². The largest absolute Gasteiger partial charge is 0.316 e. The first-order valence-corrected chi connectivity index (χ1v) is 8.40. The van der Waals surface area contributed by atoms with Crippen LogP contribution < -0.4 is 5.32 Å². The standard InChI is InChI=1S/C19H26N2/c1-14(2)16-6-3-4-7-17(16)18-8-5-9-21(18)15-10-19(11-15)12-20-13-19/h3-4,6-7,15,18,20H,1,5,8-13H2,2H3/t18-/m0/s1. The predicted octanol–water partition coefficient (Wildman–Crippen LogP) is 3.61. The number of hydrogen-bond donors (Lipinski definition) is 1. The highest BCUT2D eigenvalue weighted by atomic mass is 15.2. The van der Waals surface area contributed by atoms with E-state index in [2.05, 4.69) is 48.0 Å². The monoisotopic (exact) mass is 282 g/mol. The molecule has 1 saturated carbocycles. The first-order chi connectivity index (χ1) is 10.2. The van der Waals surface area contributed by atoms with E-state index in [9.17, 15) is 0 Å². The average Bonchev–Trinajstić information content (AvgIpc) is 2.84. The van der Waals surface area contributed by atoms with Crippen LogP contribution in [0.2, 0.25) is 0 Å². The summed E-state index contributed by atoms with van der Waals surface area (Å²) in [5.41, 5.74) is 4.75. The van der Waals surface area contributed by atoms with Gasteiger partial charge >= 0.3 is 0 Å². The van der Waals surface area contributed by atoms with E-state index in [4.69, 9.17) is 0 Å². The summed E-state index contributed by atoms with van der Waals surface area (Å²) < 4.78 is 0. The smallest absolute Gasteiger partial charge is 0.0357 e. The van der Waals surface area contributed by atoms with Crippen molar-refractivity contribution >= 4 is 5.57 Å². The molecule has 1 aromatic rings. The van der Waals surface area contributed by atoms with Gasteiger partial charge in [-0.05, 0) is 55.7 Å². The van der Waals surface area contributed by atoms with E-state index >= 15 is 0 Å². The van der Waals surface area contributed by atoms with Crippen LogP contribution >= 0.6 is 0 Å². The summed E-state index contributed by atoms with van der Waals surface area (Å²) in [6, 6.07) is 10.3. The first kappa shape index (κ1) is 13.5. The Kier molecular flexibility index (Phi) is 3.20. The average molecular weight is 282 g/mol. The first-order valence-electron chi connectivity index (χ1n) is 8.40. The van der Waals surface area contributed by atoms with E-state index in [0.717, 1.165) is 6.04 Å². The van der Waals surface area contributed by atoms with Gasteiger partial charge in [0.2, 0.25) is 0 Å². The Morgan fingerprint density at radius 2 is 2.05 bits per heavy atom. The molecule has 2 saturated heterocycles. The van der Waals surface area contributed by atoms with Crippen LogP contribution in [-0.4, -0.2) is 30.6 Å². The number of likely N-dealkylation sites (tertiary alicyclic amines) is 1. The van der Waals surface area contributed by atoms with Gasteiger partial charge in [-0.3, -0.25) is 4.90 Å². The molecular formula is C19H26N2. The lowest BCUT2D eigenvalue weighted by Gasteiger charge is -2.57. The van der Waals surface area contributed by atoms with Crippen LogP contribution in [0.3, 0.4) is 0 Å². The molecule has 0 bridgehead atoms. The number of benzene rings is 1. The number of allylic oxidation sites excluding steroid dienone is 1. The highest BCUT2D eigenvalue weighted by Gasteiger charge is 2.51. The van der Waals surface area contributed by atoms with Crippen LogP contribution in [0.15, 0.2) is 30.8 Å². The Balaban J connectivity index is 1.55. The molecule has 21 heavy (non-hydrogen) atoms. The van der Waals surface area contributed by atoms with Crippen molar-refractivity contribution < 1.29 is 0 Å². The topological polar surface area (TPSA) is 15.3 Å². The fraction of sp³-hybridized carbons (Fsp3) is 0.579. The maximum absolute atomic E-state index is 4.18. The second-order valence-electron chi connectivity index (χ2n) is 7.43. The molecular weight excluding hydrogens is 256 g/mol. The maximum atomic E-state index is 4.18. The van der Waals surface area contributed by atoms with Gasteiger partial charge < -0.3 is 5.32 Å². The Bertz CT molecular complexity index is 550. The molecule has 4 rings (SSSR count). The van der Waals surface area contributed by atoms with Gasteiger partial charge in [0.05, 0.1) is 0 Å². The van der Waals surface area contributed by atoms with E-state index < -0.39 is 0 Å². The quantitative estimate of drug-likeness (QED) is 0.911. The van der Waals surface area contributed by atoms with E-state index in [1.54, 1.807) is 0 Å². The fourth-order valence-electron chi connectivity index (χ4n) is 4.68. The van der Waals surface area contributed by atoms with Crippen molar-refractivity contribution in [3.05, 3.63) is 42.0 Å². The normalized spacial score (nSPS) is 28.3. The molecule has 2 aliphatic heterocycles. The molecule has 2 heterocycles. The van der Waals surface area contributed by atoms with Gasteiger partial charge in [0.25, 0.3) is 0 Å². The molecule has 1 aromatic carbocycles. The van der Waals surface area contributed by atoms with Gasteiger partial charge in [-0.25, -0.2) is 0 Å². The molecule has 0 amide bonds. The zero-order valence-corrected chi connectivity index (χ0v) is 13.1. The molecule has 1 spiro atoms. The summed E-state index contributed by atoms with van der Waals surface area (Å²) in [7, 11) is 0. The number of nitrogens with one attached hydrogen (secondary N) is 1. The molecule has 3 fully saturated rings. The Morgan fingerprint density at radius 1 is 1.29 bits per heavy atom. The summed E-state index contributed by atoms with van der Waals surface area (Å²) in [6.07, 6.45) is 5.47. The lowest BCUT2D eigenvalue weighted by Crippen LogP contribution is -2.65. The van der Waals surface area contributed by atoms with Crippen molar-refractivity contribution in [2.45, 2.75) is 44.7 Å². The van der Waals surface area contributed by atoms with Gasteiger partial charge in [0.15, 0.2) is 0 Å². The van der Waals surface area contributed by atoms with Crippen molar-refractivity contribution in [3.63, 3.8) is 0 Å². The van der Waals surface area contributed by atoms with Crippen LogP contribution in [0.5, 0.6) is 0 Å². The summed E-state index contributed by atoms with van der Waals surface area (Å²) in [6.45, 7) is 10.1. The summed E-state index contributed by atoms with van der Waals surface area (Å²) in [4.78, 5) is 2.80. The molecule has 0 unspecified atom stereocenters. The fourth-order valence-corrected chi connectivity index (χ4v) is 4.68. The number of nitrogens with zero attached hydrogens (tertiary/aromatic N) is 1. The van der Waals surface area contributed by atoms with E-state index in [-0.39, 0.29) is 0 Å². The minimum absolute atomic E-state index is 0.619. The van der Waals surface area contributed by atoms with Crippen molar-refractivity contribution in [3.8, 4) is 0 Å². The van der Waals surface area contributed by atoms with E-state index in [1.807, 2.05) is 0 Å². The second kappa shape index (κ2) is 4.96. The summed E-state index contributed by atoms with van der Waals surface area (Å²) in [5, 5.41) is 3.45. The van der Waals surface area contributed by atoms with Crippen LogP contribution in [-0.2, 0) is 0 Å². The highest BCUT2D eigenvalue weighted by Crippen LogP contribution is 2.50. The van der Waals surface area contributed by atoms with Crippen molar-refractivity contribution in [1.82, 2.24) is 10.2 Å². The Hall–Kier alpha value is -1.12.